The molecule has 1 fully saturated rings. The highest BCUT2D eigenvalue weighted by Gasteiger charge is 2.38. The largest absolute Gasteiger partial charge is 0.416 e. The van der Waals surface area contributed by atoms with Gasteiger partial charge in [-0.05, 0) is 53.2 Å². The van der Waals surface area contributed by atoms with Gasteiger partial charge in [-0.25, -0.2) is 0 Å². The fourth-order valence-corrected chi connectivity index (χ4v) is 4.98. The maximum Gasteiger partial charge on any atom is 0.416 e. The Morgan fingerprint density at radius 1 is 1.15 bits per heavy atom. The van der Waals surface area contributed by atoms with Crippen molar-refractivity contribution in [3.8, 4) is 0 Å². The van der Waals surface area contributed by atoms with E-state index in [9.17, 15) is 31.1 Å². The molecule has 1 saturated heterocycles. The Balaban J connectivity index is 1.49. The number of benzene rings is 2. The van der Waals surface area contributed by atoms with E-state index in [1.54, 1.807) is 18.2 Å². The summed E-state index contributed by atoms with van der Waals surface area (Å²) in [4.78, 5) is 18.9. The Bertz CT molecular complexity index is 1330. The molecule has 1 amide bonds. The van der Waals surface area contributed by atoms with Crippen LogP contribution >= 0.6 is 11.8 Å². The van der Waals surface area contributed by atoms with Gasteiger partial charge in [-0.3, -0.25) is 4.79 Å². The molecule has 2 heterocycles. The van der Waals surface area contributed by atoms with Gasteiger partial charge in [0.05, 0.1) is 28.7 Å². The minimum absolute atomic E-state index is 0.0868. The molecule has 0 radical (unpaired) electrons. The second-order valence-corrected chi connectivity index (χ2v) is 9.71. The number of aliphatic imine (C=N–C) groups is 1. The van der Waals surface area contributed by atoms with Gasteiger partial charge in [0, 0.05) is 43.6 Å². The van der Waals surface area contributed by atoms with E-state index < -0.39 is 35.9 Å². The number of carbonyl (C=O) groups excluding carboxylic acids is 1. The highest BCUT2D eigenvalue weighted by atomic mass is 32.2. The van der Waals surface area contributed by atoms with Crippen LogP contribution in [0.1, 0.15) is 27.8 Å². The van der Waals surface area contributed by atoms with E-state index >= 15 is 0 Å². The lowest BCUT2D eigenvalue weighted by molar-refractivity contribution is -0.143. The van der Waals surface area contributed by atoms with Crippen LogP contribution in [0, 0.1) is 5.41 Å². The van der Waals surface area contributed by atoms with Crippen LogP contribution in [-0.4, -0.2) is 54.5 Å². The first-order chi connectivity index (χ1) is 18.4. The Morgan fingerprint density at radius 3 is 2.59 bits per heavy atom. The van der Waals surface area contributed by atoms with Gasteiger partial charge in [-0.2, -0.15) is 31.3 Å². The molecule has 2 aliphatic rings. The van der Waals surface area contributed by atoms with E-state index in [-0.39, 0.29) is 17.7 Å². The van der Waals surface area contributed by atoms with Crippen LogP contribution in [0.15, 0.2) is 46.3 Å². The molecule has 0 bridgehead atoms. The maximum atomic E-state index is 13.5. The van der Waals surface area contributed by atoms with Crippen LogP contribution in [0.4, 0.5) is 32.0 Å². The zero-order valence-electron chi connectivity index (χ0n) is 20.2. The fraction of sp³-hybridized carbons (Fsp3) is 0.320. The molecule has 4 rings (SSSR count). The second-order valence-electron chi connectivity index (χ2n) is 8.70. The first-order valence-corrected chi connectivity index (χ1v) is 12.5. The Hall–Kier alpha value is -3.36. The van der Waals surface area contributed by atoms with E-state index in [0.29, 0.717) is 59.2 Å². The average Bonchev–Trinajstić information content (AvgIpc) is 3.26. The number of nitrogens with two attached hydrogens (primary N) is 1. The number of nitrogens with one attached hydrogen (secondary N) is 2. The molecule has 1 unspecified atom stereocenters. The number of amides is 1. The number of alkyl halides is 6. The number of amidine groups is 1. The normalized spacial score (nSPS) is 19.4. The van der Waals surface area contributed by atoms with Crippen LogP contribution < -0.4 is 11.1 Å². The molecule has 4 N–H and O–H groups in total. The first kappa shape index (κ1) is 28.6. The predicted molar refractivity (Wildman–Crippen MR) is 136 cm³/mol. The summed E-state index contributed by atoms with van der Waals surface area (Å²) in [5.74, 6) is -0.425. The molecule has 7 nitrogen and oxygen atoms in total. The van der Waals surface area contributed by atoms with Crippen LogP contribution in [0.25, 0.3) is 6.08 Å². The van der Waals surface area contributed by atoms with Crippen molar-refractivity contribution in [2.45, 2.75) is 25.0 Å². The van der Waals surface area contributed by atoms with Gasteiger partial charge in [-0.15, -0.1) is 0 Å². The number of hydrogen-bond acceptors (Lipinski definition) is 7. The molecule has 2 aromatic rings. The Kier molecular flexibility index (Phi) is 8.37. The number of carbonyl (C=O) groups is 1. The monoisotopic (exact) mass is 571 g/mol. The molecule has 0 aliphatic carbocycles. The van der Waals surface area contributed by atoms with E-state index in [2.05, 4.69) is 10.3 Å². The van der Waals surface area contributed by atoms with Crippen molar-refractivity contribution in [2.24, 2.45) is 10.7 Å². The third-order valence-electron chi connectivity index (χ3n) is 6.02. The summed E-state index contributed by atoms with van der Waals surface area (Å²) < 4.78 is 84.7. The highest BCUT2D eigenvalue weighted by molar-refractivity contribution is 8.18. The van der Waals surface area contributed by atoms with Gasteiger partial charge >= 0.3 is 12.4 Å². The van der Waals surface area contributed by atoms with Crippen LogP contribution in [0.2, 0.25) is 0 Å². The van der Waals surface area contributed by atoms with Gasteiger partial charge in [0.1, 0.15) is 0 Å². The number of ether oxygens (including phenoxy) is 1. The zero-order valence-corrected chi connectivity index (χ0v) is 21.0. The number of hydrogen-bond donors (Lipinski definition) is 3. The van der Waals surface area contributed by atoms with Crippen molar-refractivity contribution in [2.75, 3.05) is 31.6 Å². The summed E-state index contributed by atoms with van der Waals surface area (Å²) in [7, 11) is 0. The maximum absolute atomic E-state index is 13.5. The van der Waals surface area contributed by atoms with Crippen LogP contribution in [-0.2, 0) is 28.4 Å². The van der Waals surface area contributed by atoms with Gasteiger partial charge in [0.15, 0.2) is 5.17 Å². The van der Waals surface area contributed by atoms with Gasteiger partial charge < -0.3 is 26.1 Å². The van der Waals surface area contributed by atoms with Gasteiger partial charge in [0.2, 0.25) is 0 Å². The standard InChI is InChI=1S/C25H23F6N5O2S/c26-24(27,28)17-3-2-15(19(9-17)25(29,30)31)12-34-20-4-1-14(7-16(20)10-32)8-21-22(37)35-23(39-21)36-5-6-38-18(11-33)13-36/h1-4,7-10,18,32,34H,5-6,11-13,33H2/b21-8-,32-10?. The molecule has 0 aromatic heterocycles. The van der Waals surface area contributed by atoms with E-state index in [4.69, 9.17) is 15.9 Å². The lowest BCUT2D eigenvalue weighted by atomic mass is 10.0. The molecule has 2 aliphatic heterocycles. The second kappa shape index (κ2) is 11.4. The SMILES string of the molecule is N=Cc1cc(/C=C2\SC(N3CCOC(CN)C3)=NC2=O)ccc1NCc1ccc(C(F)(F)F)cc1C(F)(F)F. The average molecular weight is 572 g/mol. The fourth-order valence-electron chi connectivity index (χ4n) is 4.03. The number of nitrogens with zero attached hydrogens (tertiary/aromatic N) is 2. The molecule has 14 heteroatoms. The number of morpholine rings is 1. The minimum atomic E-state index is -4.99. The smallest absolute Gasteiger partial charge is 0.380 e. The topological polar surface area (TPSA) is 104 Å². The lowest BCUT2D eigenvalue weighted by Crippen LogP contribution is -2.47. The number of halogens is 6. The third kappa shape index (κ3) is 6.81. The molecule has 0 spiro atoms. The molecule has 2 aromatic carbocycles. The molecular formula is C25H23F6N5O2S. The van der Waals surface area contributed by atoms with Crippen molar-refractivity contribution >= 4 is 40.8 Å². The van der Waals surface area contributed by atoms with Crippen molar-refractivity contribution in [3.63, 3.8) is 0 Å². The number of rotatable bonds is 6. The molecule has 39 heavy (non-hydrogen) atoms. The van der Waals surface area contributed by atoms with Crippen LogP contribution in [0.5, 0.6) is 0 Å². The molecule has 1 atom stereocenters. The van der Waals surface area contributed by atoms with Crippen molar-refractivity contribution in [3.05, 3.63) is 69.1 Å². The first-order valence-electron chi connectivity index (χ1n) is 11.6. The summed E-state index contributed by atoms with van der Waals surface area (Å²) in [6.45, 7) is 1.45. The quantitative estimate of drug-likeness (QED) is 0.257. The van der Waals surface area contributed by atoms with Gasteiger partial charge in [0.25, 0.3) is 5.91 Å². The van der Waals surface area contributed by atoms with Crippen molar-refractivity contribution in [1.82, 2.24) is 4.90 Å². The lowest BCUT2D eigenvalue weighted by Gasteiger charge is -2.32. The molecule has 0 saturated carbocycles. The molecule has 208 valence electrons. The predicted octanol–water partition coefficient (Wildman–Crippen LogP) is 4.96. The number of anilines is 1. The third-order valence-corrected chi connectivity index (χ3v) is 7.07. The van der Waals surface area contributed by atoms with E-state index in [1.165, 1.54) is 17.8 Å². The summed E-state index contributed by atoms with van der Waals surface area (Å²) >= 11 is 1.20. The van der Waals surface area contributed by atoms with Crippen molar-refractivity contribution < 1.29 is 35.9 Å². The number of thioether (sulfide) groups is 1. The van der Waals surface area contributed by atoms with Gasteiger partial charge in [-0.1, -0.05) is 12.1 Å². The summed E-state index contributed by atoms with van der Waals surface area (Å²) in [5.41, 5.74) is 3.66. The Labute approximate surface area is 223 Å². The minimum Gasteiger partial charge on any atom is -0.380 e. The zero-order chi connectivity index (χ0) is 28.4. The summed E-state index contributed by atoms with van der Waals surface area (Å²) in [6, 6.07) is 6.15. The van der Waals surface area contributed by atoms with Crippen LogP contribution in [0.3, 0.4) is 0 Å². The summed E-state index contributed by atoms with van der Waals surface area (Å²) in [5, 5.41) is 11.0. The van der Waals surface area contributed by atoms with E-state index in [1.807, 2.05) is 4.90 Å². The molecular weight excluding hydrogens is 548 g/mol. The van der Waals surface area contributed by atoms with Crippen molar-refractivity contribution in [1.29, 1.82) is 5.41 Å². The Morgan fingerprint density at radius 2 is 1.92 bits per heavy atom. The highest BCUT2D eigenvalue weighted by Crippen LogP contribution is 2.38. The summed E-state index contributed by atoms with van der Waals surface area (Å²) in [6.07, 6.45) is -7.48. The van der Waals surface area contributed by atoms with E-state index in [0.717, 1.165) is 12.3 Å².